The predicted molar refractivity (Wildman–Crippen MR) is 299 cm³/mol. The van der Waals surface area contributed by atoms with Crippen LogP contribution in [0.1, 0.15) is 170 Å². The lowest BCUT2D eigenvalue weighted by Gasteiger charge is -2.45. The van der Waals surface area contributed by atoms with Gasteiger partial charge in [-0.1, -0.05) is 111 Å². The molecule has 5 aliphatic carbocycles. The number of fused-ring (bicyclic) bond motifs is 5. The van der Waals surface area contributed by atoms with Crippen LogP contribution in [0.15, 0.2) is 102 Å². The number of carbonyl (C=O) groups is 2. The molecule has 2 unspecified atom stereocenters. The molecule has 0 heterocycles. The Kier molecular flexibility index (Phi) is 18.7. The molecule has 6 aromatic carbocycles. The van der Waals surface area contributed by atoms with Gasteiger partial charge in [-0.25, -0.2) is 17.6 Å². The van der Waals surface area contributed by atoms with Crippen LogP contribution in [0.4, 0.5) is 17.6 Å². The molecule has 0 amide bonds. The number of hydrogen-bond acceptors (Lipinski definition) is 5. The molecule has 2 bridgehead atoms. The first-order valence-corrected chi connectivity index (χ1v) is 29.0. The van der Waals surface area contributed by atoms with Crippen LogP contribution in [-0.4, -0.2) is 35.7 Å². The average Bonchev–Trinajstić information content (AvgIpc) is 3.41. The van der Waals surface area contributed by atoms with Gasteiger partial charge in [0.1, 0.15) is 23.5 Å². The molecule has 5 fully saturated rings. The standard InChI is InChI=1S/C29H36F2O3.C19H20F2O2.C17H19BrO/c1-17-5-9-23(10-6-17)34-26-12-8-21-13-18(7-11-24(21)27(26)28(30)31)14-25-19-3-2-4-20(25)16-22(15-19)29(32)33;1-12-2-6-15(7-3-12)23-17-9-5-14-10-13(11-22)4-8-16(14)18(17)19(20)21;1-12-2-7-16(8-3-12)19-17-9-5-13-10-15(18)6-4-14(13)11-17/h7-8,11-13,17,19-20,22-23,25,28H,2-6,9-10,14-16H2,1H3,(H,32,33);4-5,8-12,15,19H,2-3,6-7H2,1H3;4-6,9-12,16H,2-3,7-8H2,1H3. The first-order chi connectivity index (χ1) is 36.7. The van der Waals surface area contributed by atoms with E-state index in [1.165, 1.54) is 48.4 Å². The number of benzene rings is 6. The summed E-state index contributed by atoms with van der Waals surface area (Å²) in [6.45, 7) is 6.78. The fourth-order valence-corrected chi connectivity index (χ4v) is 13.5. The summed E-state index contributed by atoms with van der Waals surface area (Å²) in [6, 6.07) is 30.4. The van der Waals surface area contributed by atoms with E-state index in [4.69, 9.17) is 14.2 Å². The quantitative estimate of drug-likeness (QED) is 0.0971. The van der Waals surface area contributed by atoms with Crippen LogP contribution in [0.3, 0.4) is 0 Å². The molecular formula is C65H75BrF4O6. The first-order valence-electron chi connectivity index (χ1n) is 28.2. The summed E-state index contributed by atoms with van der Waals surface area (Å²) in [6.07, 6.45) is 14.8. The number of hydrogen-bond donors (Lipinski definition) is 1. The lowest BCUT2D eigenvalue weighted by Crippen LogP contribution is -2.39. The Morgan fingerprint density at radius 3 is 1.55 bits per heavy atom. The highest BCUT2D eigenvalue weighted by atomic mass is 79.9. The number of carbonyl (C=O) groups excluding carboxylic acids is 1. The number of aldehydes is 1. The average molecular weight is 1110 g/mol. The number of alkyl halides is 4. The topological polar surface area (TPSA) is 82.1 Å². The number of carboxylic acid groups (broad SMARTS) is 1. The molecular weight excluding hydrogens is 1030 g/mol. The number of ether oxygens (including phenoxy) is 3. The molecule has 1 N–H and O–H groups in total. The summed E-state index contributed by atoms with van der Waals surface area (Å²) < 4.78 is 74.8. The van der Waals surface area contributed by atoms with Crippen molar-refractivity contribution >= 4 is 60.5 Å². The Bertz CT molecular complexity index is 2910. The lowest BCUT2D eigenvalue weighted by atomic mass is 9.60. The van der Waals surface area contributed by atoms with Crippen LogP contribution >= 0.6 is 15.9 Å². The monoisotopic (exact) mass is 1110 g/mol. The molecule has 0 aliphatic heterocycles. The molecule has 0 spiro atoms. The Balaban J connectivity index is 0.000000147. The Labute approximate surface area is 454 Å². The van der Waals surface area contributed by atoms with Gasteiger partial charge in [-0.15, -0.1) is 0 Å². The fraction of sp³-hybridized carbons (Fsp3) is 0.508. The van der Waals surface area contributed by atoms with E-state index in [1.807, 2.05) is 18.2 Å². The molecule has 406 valence electrons. The van der Waals surface area contributed by atoms with Crippen LogP contribution in [-0.2, 0) is 11.2 Å². The van der Waals surface area contributed by atoms with E-state index in [9.17, 15) is 32.3 Å². The zero-order valence-electron chi connectivity index (χ0n) is 44.3. The van der Waals surface area contributed by atoms with E-state index in [1.54, 1.807) is 36.4 Å². The minimum Gasteiger partial charge on any atom is -0.490 e. The summed E-state index contributed by atoms with van der Waals surface area (Å²) in [5, 5.41) is 14.5. The Morgan fingerprint density at radius 2 is 1.04 bits per heavy atom. The van der Waals surface area contributed by atoms with Crippen molar-refractivity contribution in [3.8, 4) is 17.2 Å². The van der Waals surface area contributed by atoms with Crippen molar-refractivity contribution in [2.75, 3.05) is 0 Å². The lowest BCUT2D eigenvalue weighted by molar-refractivity contribution is -0.145. The van der Waals surface area contributed by atoms with Gasteiger partial charge in [0.05, 0.1) is 35.4 Å². The predicted octanol–water partition coefficient (Wildman–Crippen LogP) is 18.9. The third-order valence-corrected chi connectivity index (χ3v) is 18.1. The zero-order valence-corrected chi connectivity index (χ0v) is 45.9. The van der Waals surface area contributed by atoms with E-state index in [0.29, 0.717) is 63.2 Å². The molecule has 11 rings (SSSR count). The maximum atomic E-state index is 14.2. The first kappa shape index (κ1) is 55.6. The molecule has 6 nitrogen and oxygen atoms in total. The fourth-order valence-electron chi connectivity index (χ4n) is 13.1. The van der Waals surface area contributed by atoms with Gasteiger partial charge in [0, 0.05) is 10.0 Å². The SMILES string of the molecule is CC1CCC(Oc2ccc3cc(Br)ccc3c2)CC1.CC1CCC(Oc2ccc3cc(C=O)ccc3c2C(F)F)CC1.CC1CCC(Oc2ccc3cc(CC4C5CCCC4CC(C(=O)O)C5)ccc3c2C(F)F)CC1. The second-order valence-corrected chi connectivity index (χ2v) is 24.1. The third kappa shape index (κ3) is 13.9. The van der Waals surface area contributed by atoms with Gasteiger partial charge >= 0.3 is 5.97 Å². The normalized spacial score (nSPS) is 26.5. The summed E-state index contributed by atoms with van der Waals surface area (Å²) in [4.78, 5) is 22.4. The van der Waals surface area contributed by atoms with Gasteiger partial charge in [-0.2, -0.15) is 0 Å². The van der Waals surface area contributed by atoms with Gasteiger partial charge < -0.3 is 19.3 Å². The van der Waals surface area contributed by atoms with Crippen LogP contribution in [0.25, 0.3) is 32.3 Å². The third-order valence-electron chi connectivity index (χ3n) is 17.6. The number of carboxylic acids is 1. The molecule has 0 saturated heterocycles. The molecule has 5 saturated carbocycles. The van der Waals surface area contributed by atoms with Gasteiger partial charge in [0.25, 0.3) is 12.9 Å². The minimum absolute atomic E-state index is 0.00963. The molecule has 0 radical (unpaired) electrons. The molecule has 2 atom stereocenters. The van der Waals surface area contributed by atoms with E-state index < -0.39 is 18.8 Å². The van der Waals surface area contributed by atoms with Crippen molar-refractivity contribution in [1.82, 2.24) is 0 Å². The van der Waals surface area contributed by atoms with E-state index in [-0.39, 0.29) is 35.0 Å². The van der Waals surface area contributed by atoms with E-state index >= 15 is 0 Å². The van der Waals surface area contributed by atoms with Crippen molar-refractivity contribution in [2.24, 2.45) is 41.4 Å². The van der Waals surface area contributed by atoms with Crippen molar-refractivity contribution in [3.05, 3.63) is 124 Å². The summed E-state index contributed by atoms with van der Waals surface area (Å²) in [5.74, 6) is 4.39. The Hall–Kier alpha value is -5.16. The molecule has 76 heavy (non-hydrogen) atoms. The van der Waals surface area contributed by atoms with Gasteiger partial charge in [-0.05, 0) is 212 Å². The van der Waals surface area contributed by atoms with Crippen LogP contribution in [0, 0.1) is 41.4 Å². The highest BCUT2D eigenvalue weighted by molar-refractivity contribution is 9.10. The summed E-state index contributed by atoms with van der Waals surface area (Å²) in [7, 11) is 0. The van der Waals surface area contributed by atoms with E-state index in [0.717, 1.165) is 111 Å². The molecule has 5 aliphatic rings. The Morgan fingerprint density at radius 1 is 0.566 bits per heavy atom. The smallest absolute Gasteiger partial charge is 0.306 e. The second-order valence-electron chi connectivity index (χ2n) is 23.2. The number of rotatable bonds is 12. The molecule has 6 aromatic rings. The minimum atomic E-state index is -2.61. The highest BCUT2D eigenvalue weighted by Crippen LogP contribution is 2.49. The van der Waals surface area contributed by atoms with Gasteiger partial charge in [0.2, 0.25) is 0 Å². The molecule has 11 heteroatoms. The van der Waals surface area contributed by atoms with Crippen molar-refractivity contribution in [1.29, 1.82) is 0 Å². The van der Waals surface area contributed by atoms with Crippen LogP contribution in [0.2, 0.25) is 0 Å². The second kappa shape index (κ2) is 25.5. The maximum Gasteiger partial charge on any atom is 0.306 e. The molecule has 0 aromatic heterocycles. The highest BCUT2D eigenvalue weighted by Gasteiger charge is 2.42. The van der Waals surface area contributed by atoms with Crippen molar-refractivity contribution < 1.29 is 46.5 Å². The summed E-state index contributed by atoms with van der Waals surface area (Å²) in [5.41, 5.74) is 1.59. The van der Waals surface area contributed by atoms with Crippen LogP contribution < -0.4 is 14.2 Å². The van der Waals surface area contributed by atoms with E-state index in [2.05, 4.69) is 79.2 Å². The maximum absolute atomic E-state index is 14.2. The number of aliphatic carboxylic acids is 1. The zero-order chi connectivity index (χ0) is 53.5. The van der Waals surface area contributed by atoms with Crippen molar-refractivity contribution in [2.45, 2.75) is 168 Å². The van der Waals surface area contributed by atoms with Gasteiger partial charge in [-0.3, -0.25) is 9.59 Å². The van der Waals surface area contributed by atoms with Crippen molar-refractivity contribution in [3.63, 3.8) is 0 Å². The number of halogens is 5. The van der Waals surface area contributed by atoms with Crippen LogP contribution in [0.5, 0.6) is 17.2 Å². The summed E-state index contributed by atoms with van der Waals surface area (Å²) >= 11 is 3.50. The van der Waals surface area contributed by atoms with Gasteiger partial charge in [0.15, 0.2) is 0 Å². The largest absolute Gasteiger partial charge is 0.490 e.